The highest BCUT2D eigenvalue weighted by atomic mass is 35.5. The molecule has 1 N–H and O–H groups in total. The van der Waals surface area contributed by atoms with Crippen LogP contribution in [0.1, 0.15) is 59.8 Å². The fourth-order valence-electron chi connectivity index (χ4n) is 2.87. The van der Waals surface area contributed by atoms with Crippen molar-refractivity contribution in [2.45, 2.75) is 76.8 Å². The number of rotatable bonds is 6. The molecule has 1 aliphatic rings. The van der Waals surface area contributed by atoms with Crippen LogP contribution >= 0.6 is 11.6 Å². The van der Waals surface area contributed by atoms with E-state index in [1.165, 1.54) is 12.5 Å². The summed E-state index contributed by atoms with van der Waals surface area (Å²) in [5.74, 6) is -0.150. The highest BCUT2D eigenvalue weighted by Gasteiger charge is 2.31. The minimum atomic E-state index is -0.566. The molecule has 0 radical (unpaired) electrons. The normalized spacial score (nSPS) is 18.9. The molecule has 24 heavy (non-hydrogen) atoms. The maximum atomic E-state index is 12.1. The van der Waals surface area contributed by atoms with Crippen molar-refractivity contribution >= 4 is 23.7 Å². The molecule has 0 bridgehead atoms. The Morgan fingerprint density at radius 3 is 2.42 bits per heavy atom. The predicted octanol–water partition coefficient (Wildman–Crippen LogP) is 4.19. The zero-order valence-corrected chi connectivity index (χ0v) is 15.9. The Labute approximate surface area is 150 Å². The highest BCUT2D eigenvalue weighted by molar-refractivity contribution is 6.22. The van der Waals surface area contributed by atoms with Gasteiger partial charge in [-0.15, -0.1) is 11.6 Å². The van der Waals surface area contributed by atoms with Gasteiger partial charge in [-0.25, -0.2) is 9.59 Å². The van der Waals surface area contributed by atoms with Gasteiger partial charge in [-0.1, -0.05) is 25.3 Å². The summed E-state index contributed by atoms with van der Waals surface area (Å²) >= 11 is 6.47. The summed E-state index contributed by atoms with van der Waals surface area (Å²) in [5, 5.41) is 2.41. The van der Waals surface area contributed by atoms with Gasteiger partial charge in [-0.3, -0.25) is 0 Å². The maximum absolute atomic E-state index is 12.1. The van der Waals surface area contributed by atoms with Crippen LogP contribution in [0.3, 0.4) is 0 Å². The lowest BCUT2D eigenvalue weighted by molar-refractivity contribution is -0.137. The number of alkyl halides is 1. The summed E-state index contributed by atoms with van der Waals surface area (Å²) in [5.41, 5.74) is -0.566. The zero-order valence-electron chi connectivity index (χ0n) is 15.1. The Bertz CT molecular complexity index is 439. The predicted molar refractivity (Wildman–Crippen MR) is 95.1 cm³/mol. The van der Waals surface area contributed by atoms with Crippen molar-refractivity contribution in [1.82, 2.24) is 5.32 Å². The van der Waals surface area contributed by atoms with E-state index in [0.717, 1.165) is 25.7 Å². The molecule has 0 heterocycles. The van der Waals surface area contributed by atoms with Crippen molar-refractivity contribution < 1.29 is 19.1 Å². The second-order valence-electron chi connectivity index (χ2n) is 7.13. The number of hydrogen-bond donors (Lipinski definition) is 1. The van der Waals surface area contributed by atoms with E-state index < -0.39 is 23.0 Å². The van der Waals surface area contributed by atoms with Crippen LogP contribution in [-0.2, 0) is 14.3 Å². The molecule has 0 aromatic carbocycles. The second kappa shape index (κ2) is 9.92. The smallest absolute Gasteiger partial charge is 0.407 e. The number of esters is 1. The van der Waals surface area contributed by atoms with E-state index in [4.69, 9.17) is 21.1 Å². The lowest BCUT2D eigenvalue weighted by atomic mass is 9.82. The van der Waals surface area contributed by atoms with Crippen molar-refractivity contribution in [2.24, 2.45) is 5.92 Å². The number of hydrogen-bond acceptors (Lipinski definition) is 4. The molecule has 5 nitrogen and oxygen atoms in total. The van der Waals surface area contributed by atoms with Crippen LogP contribution in [0.5, 0.6) is 0 Å². The van der Waals surface area contributed by atoms with Crippen LogP contribution in [0.4, 0.5) is 4.79 Å². The van der Waals surface area contributed by atoms with Gasteiger partial charge in [0.25, 0.3) is 0 Å². The Morgan fingerprint density at radius 1 is 1.25 bits per heavy atom. The lowest BCUT2D eigenvalue weighted by Crippen LogP contribution is -2.48. The first-order valence-corrected chi connectivity index (χ1v) is 9.15. The zero-order chi connectivity index (χ0) is 18.2. The second-order valence-corrected chi connectivity index (χ2v) is 7.63. The van der Waals surface area contributed by atoms with Gasteiger partial charge in [0.1, 0.15) is 5.60 Å². The first-order valence-electron chi connectivity index (χ1n) is 8.71. The molecule has 0 saturated heterocycles. The van der Waals surface area contributed by atoms with Crippen molar-refractivity contribution in [1.29, 1.82) is 0 Å². The van der Waals surface area contributed by atoms with Crippen molar-refractivity contribution in [3.8, 4) is 0 Å². The first kappa shape index (κ1) is 20.8. The fourth-order valence-corrected chi connectivity index (χ4v) is 3.22. The van der Waals surface area contributed by atoms with E-state index in [1.54, 1.807) is 13.0 Å². The summed E-state index contributed by atoms with van der Waals surface area (Å²) in [7, 11) is 0. The van der Waals surface area contributed by atoms with Crippen LogP contribution in [0.2, 0.25) is 0 Å². The Kier molecular flexibility index (Phi) is 8.60. The van der Waals surface area contributed by atoms with Crippen LogP contribution in [0, 0.1) is 5.92 Å². The van der Waals surface area contributed by atoms with E-state index in [-0.39, 0.29) is 12.0 Å². The lowest BCUT2D eigenvalue weighted by Gasteiger charge is -2.33. The van der Waals surface area contributed by atoms with Gasteiger partial charge in [-0.2, -0.15) is 0 Å². The number of carbonyl (C=O) groups is 2. The number of ether oxygens (including phenoxy) is 2. The monoisotopic (exact) mass is 359 g/mol. The summed E-state index contributed by atoms with van der Waals surface area (Å²) in [6, 6.07) is -0.271. The molecule has 2 atom stereocenters. The van der Waals surface area contributed by atoms with Gasteiger partial charge in [0, 0.05) is 6.08 Å². The van der Waals surface area contributed by atoms with E-state index in [2.05, 4.69) is 5.32 Å². The molecule has 0 aromatic rings. The van der Waals surface area contributed by atoms with Gasteiger partial charge >= 0.3 is 12.1 Å². The summed E-state index contributed by atoms with van der Waals surface area (Å²) in [4.78, 5) is 23.6. The third kappa shape index (κ3) is 8.04. The fraction of sp³-hybridized carbons (Fsp3) is 0.778. The molecule has 1 aliphatic carbocycles. The van der Waals surface area contributed by atoms with Gasteiger partial charge in [-0.05, 0) is 46.5 Å². The SMILES string of the molecule is CCOC(=O)/C=C/[C@@H](Cl)[C@H](NC(=O)OC(C)(C)C)C1CCCCC1. The molecular formula is C18H30ClNO4. The molecular weight excluding hydrogens is 330 g/mol. The third-order valence-electron chi connectivity index (χ3n) is 3.89. The van der Waals surface area contributed by atoms with Crippen molar-refractivity contribution in [2.75, 3.05) is 6.61 Å². The van der Waals surface area contributed by atoms with E-state index in [0.29, 0.717) is 6.61 Å². The maximum Gasteiger partial charge on any atom is 0.407 e. The van der Waals surface area contributed by atoms with Gasteiger partial charge < -0.3 is 14.8 Å². The molecule has 0 spiro atoms. The van der Waals surface area contributed by atoms with Crippen LogP contribution in [0.25, 0.3) is 0 Å². The van der Waals surface area contributed by atoms with E-state index in [9.17, 15) is 9.59 Å². The molecule has 138 valence electrons. The third-order valence-corrected chi connectivity index (χ3v) is 4.30. The molecule has 1 saturated carbocycles. The summed E-state index contributed by atoms with van der Waals surface area (Å²) in [6.45, 7) is 7.53. The molecule has 1 rings (SSSR count). The largest absolute Gasteiger partial charge is 0.463 e. The minimum Gasteiger partial charge on any atom is -0.463 e. The van der Waals surface area contributed by atoms with Gasteiger partial charge in [0.15, 0.2) is 0 Å². The van der Waals surface area contributed by atoms with Crippen LogP contribution in [-0.4, -0.2) is 35.7 Å². The average molecular weight is 360 g/mol. The molecule has 0 unspecified atom stereocenters. The Hall–Kier alpha value is -1.23. The van der Waals surface area contributed by atoms with Crippen molar-refractivity contribution in [3.63, 3.8) is 0 Å². The van der Waals surface area contributed by atoms with Crippen LogP contribution in [0.15, 0.2) is 12.2 Å². The number of carbonyl (C=O) groups excluding carboxylic acids is 2. The summed E-state index contributed by atoms with van der Waals surface area (Å²) < 4.78 is 10.2. The Morgan fingerprint density at radius 2 is 1.88 bits per heavy atom. The Balaban J connectivity index is 2.76. The van der Waals surface area contributed by atoms with E-state index >= 15 is 0 Å². The number of alkyl carbamates (subject to hydrolysis) is 1. The van der Waals surface area contributed by atoms with Gasteiger partial charge in [0.2, 0.25) is 0 Å². The van der Waals surface area contributed by atoms with E-state index in [1.807, 2.05) is 20.8 Å². The standard InChI is InChI=1S/C18H30ClNO4/c1-5-23-15(21)12-11-14(19)16(13-9-7-6-8-10-13)20-17(22)24-18(2,3)4/h11-14,16H,5-10H2,1-4H3,(H,20,22)/b12-11+/t14-,16-/m1/s1. The van der Waals surface area contributed by atoms with Gasteiger partial charge in [0.05, 0.1) is 18.0 Å². The molecule has 6 heteroatoms. The highest BCUT2D eigenvalue weighted by Crippen LogP contribution is 2.30. The number of nitrogens with one attached hydrogen (secondary N) is 1. The van der Waals surface area contributed by atoms with Crippen LogP contribution < -0.4 is 5.32 Å². The number of halogens is 1. The quantitative estimate of drug-likeness (QED) is 0.439. The minimum absolute atomic E-state index is 0.271. The summed E-state index contributed by atoms with van der Waals surface area (Å²) in [6.07, 6.45) is 7.93. The van der Waals surface area contributed by atoms with Crippen molar-refractivity contribution in [3.05, 3.63) is 12.2 Å². The molecule has 1 fully saturated rings. The topological polar surface area (TPSA) is 64.6 Å². The average Bonchev–Trinajstić information content (AvgIpc) is 2.50. The molecule has 0 aliphatic heterocycles. The number of amides is 1. The first-order chi connectivity index (χ1) is 11.2. The molecule has 0 aromatic heterocycles. The molecule has 1 amide bonds.